The van der Waals surface area contributed by atoms with Gasteiger partial charge in [-0.3, -0.25) is 14.5 Å². The average Bonchev–Trinajstić information content (AvgIpc) is 2.68. The second kappa shape index (κ2) is 18.1. The summed E-state index contributed by atoms with van der Waals surface area (Å²) in [6.07, 6.45) is 16.1. The molecule has 0 aromatic carbocycles. The van der Waals surface area contributed by atoms with E-state index >= 15 is 0 Å². The van der Waals surface area contributed by atoms with Gasteiger partial charge in [-0.05, 0) is 25.3 Å². The van der Waals surface area contributed by atoms with Gasteiger partial charge in [-0.2, -0.15) is 0 Å². The highest BCUT2D eigenvalue weighted by atomic mass is 16.2. The van der Waals surface area contributed by atoms with Crippen molar-refractivity contribution in [3.63, 3.8) is 0 Å². The molecule has 2 amide bonds. The van der Waals surface area contributed by atoms with Crippen molar-refractivity contribution in [2.75, 3.05) is 13.1 Å². The van der Waals surface area contributed by atoms with Crippen LogP contribution in [-0.4, -0.2) is 35.8 Å². The number of imide groups is 1. The molecule has 4 N–H and O–H groups in total. The van der Waals surface area contributed by atoms with Gasteiger partial charge in [-0.25, -0.2) is 0 Å². The van der Waals surface area contributed by atoms with Gasteiger partial charge in [0.25, 0.3) is 0 Å². The number of carbonyl (C=O) groups excluding carboxylic acids is 2. The zero-order chi connectivity index (χ0) is 21.2. The van der Waals surface area contributed by atoms with Crippen molar-refractivity contribution in [1.82, 2.24) is 4.90 Å². The third kappa shape index (κ3) is 13.3. The van der Waals surface area contributed by atoms with Gasteiger partial charge in [0.15, 0.2) is 0 Å². The van der Waals surface area contributed by atoms with Crippen LogP contribution in [0.4, 0.5) is 0 Å². The average molecular weight is 398 g/mol. The fourth-order valence-corrected chi connectivity index (χ4v) is 3.32. The van der Waals surface area contributed by atoms with E-state index in [-0.39, 0.29) is 17.7 Å². The summed E-state index contributed by atoms with van der Waals surface area (Å²) in [5.74, 6) is -0.339. The zero-order valence-corrected chi connectivity index (χ0v) is 18.9. The van der Waals surface area contributed by atoms with E-state index in [4.69, 9.17) is 11.5 Å². The highest BCUT2D eigenvalue weighted by Gasteiger charge is 2.27. The molecule has 5 heteroatoms. The van der Waals surface area contributed by atoms with E-state index in [0.29, 0.717) is 25.9 Å². The molecular weight excluding hydrogens is 350 g/mol. The van der Waals surface area contributed by atoms with E-state index in [9.17, 15) is 9.59 Å². The molecule has 0 aliphatic rings. The predicted molar refractivity (Wildman–Crippen MR) is 119 cm³/mol. The highest BCUT2D eigenvalue weighted by molar-refractivity contribution is 5.97. The number of hydrogen-bond acceptors (Lipinski definition) is 4. The number of hydrogen-bond donors (Lipinski definition) is 2. The number of nitrogens with two attached hydrogens (primary N) is 2. The first-order valence-corrected chi connectivity index (χ1v) is 11.8. The Balaban J connectivity index is 4.01. The van der Waals surface area contributed by atoms with E-state index in [1.807, 2.05) is 13.8 Å². The minimum Gasteiger partial charge on any atom is -0.330 e. The van der Waals surface area contributed by atoms with Crippen LogP contribution in [0.2, 0.25) is 0 Å². The smallest absolute Gasteiger partial charge is 0.246 e. The Morgan fingerprint density at radius 3 is 1.68 bits per heavy atom. The fraction of sp³-hybridized carbons (Fsp3) is 0.913. The summed E-state index contributed by atoms with van der Waals surface area (Å²) in [6.45, 7) is 7.02. The molecule has 166 valence electrons. The molecule has 0 fully saturated rings. The molecule has 0 aliphatic carbocycles. The lowest BCUT2D eigenvalue weighted by Crippen LogP contribution is -2.49. The minimum absolute atomic E-state index is 0.0271. The fourth-order valence-electron chi connectivity index (χ4n) is 3.32. The molecule has 0 aromatic rings. The summed E-state index contributed by atoms with van der Waals surface area (Å²) >= 11 is 0. The first kappa shape index (κ1) is 27.1. The number of rotatable bonds is 18. The first-order valence-electron chi connectivity index (χ1n) is 11.8. The third-order valence-electron chi connectivity index (χ3n) is 5.40. The van der Waals surface area contributed by atoms with Crippen molar-refractivity contribution in [2.24, 2.45) is 17.4 Å². The van der Waals surface area contributed by atoms with Crippen molar-refractivity contribution < 1.29 is 9.59 Å². The van der Waals surface area contributed by atoms with Gasteiger partial charge in [0, 0.05) is 13.0 Å². The van der Waals surface area contributed by atoms with Crippen LogP contribution in [0.3, 0.4) is 0 Å². The third-order valence-corrected chi connectivity index (χ3v) is 5.40. The number of amides is 2. The van der Waals surface area contributed by atoms with Crippen LogP contribution >= 0.6 is 0 Å². The van der Waals surface area contributed by atoms with Crippen LogP contribution in [0.25, 0.3) is 0 Å². The second-order valence-corrected chi connectivity index (χ2v) is 8.43. The van der Waals surface area contributed by atoms with Gasteiger partial charge in [-0.15, -0.1) is 0 Å². The normalized spacial score (nSPS) is 12.4. The Kier molecular flexibility index (Phi) is 17.5. The van der Waals surface area contributed by atoms with Gasteiger partial charge < -0.3 is 11.5 Å². The van der Waals surface area contributed by atoms with E-state index in [2.05, 4.69) is 6.92 Å². The number of unbranched alkanes of at least 4 members (excludes halogenated alkanes) is 11. The Hall–Kier alpha value is -0.940. The molecule has 1 atom stereocenters. The largest absolute Gasteiger partial charge is 0.330 e. The molecule has 1 unspecified atom stereocenters. The highest BCUT2D eigenvalue weighted by Crippen LogP contribution is 2.13. The van der Waals surface area contributed by atoms with Gasteiger partial charge in [-0.1, -0.05) is 91.4 Å². The maximum atomic E-state index is 12.6. The van der Waals surface area contributed by atoms with Crippen LogP contribution in [0.5, 0.6) is 0 Å². The van der Waals surface area contributed by atoms with Crippen LogP contribution in [0, 0.1) is 5.92 Å². The molecular formula is C23H47N3O2. The van der Waals surface area contributed by atoms with Crippen molar-refractivity contribution >= 4 is 11.8 Å². The van der Waals surface area contributed by atoms with Crippen molar-refractivity contribution in [3.8, 4) is 0 Å². The predicted octanol–water partition coefficient (Wildman–Crippen LogP) is 4.76. The topological polar surface area (TPSA) is 89.4 Å². The first-order chi connectivity index (χ1) is 13.5. The summed E-state index contributed by atoms with van der Waals surface area (Å²) in [4.78, 5) is 26.4. The number of nitrogens with zero attached hydrogens (tertiary/aromatic N) is 1. The monoisotopic (exact) mass is 397 g/mol. The van der Waals surface area contributed by atoms with E-state index in [1.165, 1.54) is 69.1 Å². The standard InChI is InChI=1S/C23H47N3O2/c1-4-5-6-7-8-9-10-11-12-13-14-15-19-26(21(27)17-16-18-24)23(28)22(25)20(2)3/h20,22H,4-19,24-25H2,1-3H3. The minimum atomic E-state index is -0.612. The van der Waals surface area contributed by atoms with E-state index in [1.54, 1.807) is 0 Å². The molecule has 0 aromatic heterocycles. The molecule has 0 spiro atoms. The summed E-state index contributed by atoms with van der Waals surface area (Å²) < 4.78 is 0. The Labute approximate surface area is 174 Å². The van der Waals surface area contributed by atoms with Crippen LogP contribution in [-0.2, 0) is 9.59 Å². The molecule has 0 saturated carbocycles. The molecule has 0 saturated heterocycles. The lowest BCUT2D eigenvalue weighted by atomic mass is 10.0. The van der Waals surface area contributed by atoms with Crippen molar-refractivity contribution in [2.45, 2.75) is 117 Å². The lowest BCUT2D eigenvalue weighted by molar-refractivity contribution is -0.146. The quantitative estimate of drug-likeness (QED) is 0.326. The maximum Gasteiger partial charge on any atom is 0.246 e. The Bertz CT molecular complexity index is 399. The van der Waals surface area contributed by atoms with E-state index < -0.39 is 6.04 Å². The van der Waals surface area contributed by atoms with Crippen LogP contribution < -0.4 is 11.5 Å². The molecule has 0 rings (SSSR count). The summed E-state index contributed by atoms with van der Waals surface area (Å²) in [5.41, 5.74) is 11.5. The van der Waals surface area contributed by atoms with Gasteiger partial charge in [0.1, 0.15) is 0 Å². The molecule has 0 radical (unpaired) electrons. The molecule has 5 nitrogen and oxygen atoms in total. The summed E-state index contributed by atoms with van der Waals surface area (Å²) in [7, 11) is 0. The lowest BCUT2D eigenvalue weighted by Gasteiger charge is -2.26. The second-order valence-electron chi connectivity index (χ2n) is 8.43. The van der Waals surface area contributed by atoms with Gasteiger partial charge in [0.05, 0.1) is 6.04 Å². The molecule has 0 aliphatic heterocycles. The van der Waals surface area contributed by atoms with Gasteiger partial charge >= 0.3 is 0 Å². The van der Waals surface area contributed by atoms with Crippen molar-refractivity contribution in [3.05, 3.63) is 0 Å². The molecule has 0 heterocycles. The Morgan fingerprint density at radius 1 is 0.786 bits per heavy atom. The Morgan fingerprint density at radius 2 is 1.25 bits per heavy atom. The van der Waals surface area contributed by atoms with Crippen LogP contribution in [0.15, 0.2) is 0 Å². The number of carbonyl (C=O) groups is 2. The summed E-state index contributed by atoms with van der Waals surface area (Å²) in [5, 5.41) is 0. The summed E-state index contributed by atoms with van der Waals surface area (Å²) in [6, 6.07) is -0.612. The van der Waals surface area contributed by atoms with Crippen LogP contribution in [0.1, 0.15) is 111 Å². The van der Waals surface area contributed by atoms with Gasteiger partial charge in [0.2, 0.25) is 11.8 Å². The maximum absolute atomic E-state index is 12.6. The van der Waals surface area contributed by atoms with Crippen molar-refractivity contribution in [1.29, 1.82) is 0 Å². The molecule has 28 heavy (non-hydrogen) atoms. The molecule has 0 bridgehead atoms. The SMILES string of the molecule is CCCCCCCCCCCCCCN(C(=O)CCCN)C(=O)C(N)C(C)C. The zero-order valence-electron chi connectivity index (χ0n) is 18.9. The van der Waals surface area contributed by atoms with E-state index in [0.717, 1.165) is 12.8 Å².